The standard InChI is InChI=1S/C17H9BrO/c18-11-7-8-12-13-5-1-3-10-4-2-6-14(16(10)13)17(19)15(12)9-11/h1-9H. The molecule has 90 valence electrons. The van der Waals surface area contributed by atoms with Crippen molar-refractivity contribution in [3.63, 3.8) is 0 Å². The maximum atomic E-state index is 12.6. The summed E-state index contributed by atoms with van der Waals surface area (Å²) in [4.78, 5) is 12.6. The molecule has 0 unspecified atom stereocenters. The van der Waals surface area contributed by atoms with E-state index in [4.69, 9.17) is 0 Å². The summed E-state index contributed by atoms with van der Waals surface area (Å²) in [7, 11) is 0. The molecule has 0 fully saturated rings. The van der Waals surface area contributed by atoms with Gasteiger partial charge in [-0.15, -0.1) is 0 Å². The lowest BCUT2D eigenvalue weighted by Gasteiger charge is -2.19. The Morgan fingerprint density at radius 3 is 2.26 bits per heavy atom. The molecule has 0 aromatic heterocycles. The monoisotopic (exact) mass is 308 g/mol. The van der Waals surface area contributed by atoms with Gasteiger partial charge in [0.25, 0.3) is 0 Å². The summed E-state index contributed by atoms with van der Waals surface area (Å²) in [6.07, 6.45) is 0. The number of carbonyl (C=O) groups is 1. The molecule has 3 aromatic carbocycles. The van der Waals surface area contributed by atoms with E-state index in [1.165, 1.54) is 0 Å². The first-order chi connectivity index (χ1) is 9.25. The summed E-state index contributed by atoms with van der Waals surface area (Å²) in [5.41, 5.74) is 3.76. The van der Waals surface area contributed by atoms with E-state index in [0.717, 1.165) is 37.5 Å². The van der Waals surface area contributed by atoms with Crippen LogP contribution in [0.2, 0.25) is 0 Å². The highest BCUT2D eigenvalue weighted by Gasteiger charge is 2.24. The highest BCUT2D eigenvalue weighted by Crippen LogP contribution is 2.39. The Balaban J connectivity index is 2.24. The zero-order valence-electron chi connectivity index (χ0n) is 9.98. The molecule has 0 spiro atoms. The van der Waals surface area contributed by atoms with Crippen LogP contribution in [-0.2, 0) is 0 Å². The van der Waals surface area contributed by atoms with E-state index in [9.17, 15) is 4.79 Å². The fourth-order valence-electron chi connectivity index (χ4n) is 2.84. The molecule has 0 radical (unpaired) electrons. The lowest BCUT2D eigenvalue weighted by atomic mass is 9.83. The molecule has 1 aliphatic rings. The average molecular weight is 309 g/mol. The van der Waals surface area contributed by atoms with E-state index >= 15 is 0 Å². The predicted octanol–water partition coefficient (Wildman–Crippen LogP) is 4.81. The van der Waals surface area contributed by atoms with Crippen molar-refractivity contribution in [1.82, 2.24) is 0 Å². The van der Waals surface area contributed by atoms with Crippen LogP contribution < -0.4 is 0 Å². The van der Waals surface area contributed by atoms with Crippen LogP contribution in [0.4, 0.5) is 0 Å². The molecule has 0 N–H and O–H groups in total. The minimum atomic E-state index is 0.112. The number of rotatable bonds is 0. The van der Waals surface area contributed by atoms with Crippen LogP contribution in [-0.4, -0.2) is 5.78 Å². The third-order valence-electron chi connectivity index (χ3n) is 3.67. The Hall–Kier alpha value is -1.93. The van der Waals surface area contributed by atoms with Crippen LogP contribution in [0.15, 0.2) is 59.1 Å². The van der Waals surface area contributed by atoms with Crippen LogP contribution >= 0.6 is 15.9 Å². The summed E-state index contributed by atoms with van der Waals surface area (Å²) < 4.78 is 0.936. The summed E-state index contributed by atoms with van der Waals surface area (Å²) in [6, 6.07) is 18.0. The highest BCUT2D eigenvalue weighted by molar-refractivity contribution is 9.10. The zero-order chi connectivity index (χ0) is 13.0. The van der Waals surface area contributed by atoms with Crippen molar-refractivity contribution in [1.29, 1.82) is 0 Å². The molecule has 1 nitrogen and oxygen atoms in total. The van der Waals surface area contributed by atoms with Crippen LogP contribution in [0.25, 0.3) is 21.9 Å². The number of carbonyl (C=O) groups excluding carboxylic acids is 1. The van der Waals surface area contributed by atoms with Gasteiger partial charge >= 0.3 is 0 Å². The quantitative estimate of drug-likeness (QED) is 0.455. The molecular weight excluding hydrogens is 300 g/mol. The summed E-state index contributed by atoms with van der Waals surface area (Å²) in [5, 5.41) is 2.20. The molecule has 0 atom stereocenters. The van der Waals surface area contributed by atoms with Gasteiger partial charge in [-0.1, -0.05) is 58.4 Å². The van der Waals surface area contributed by atoms with E-state index in [1.54, 1.807) is 0 Å². The predicted molar refractivity (Wildman–Crippen MR) is 80.5 cm³/mol. The topological polar surface area (TPSA) is 17.1 Å². The van der Waals surface area contributed by atoms with Gasteiger partial charge in [-0.25, -0.2) is 0 Å². The van der Waals surface area contributed by atoms with Crippen LogP contribution in [0.1, 0.15) is 15.9 Å². The van der Waals surface area contributed by atoms with Gasteiger partial charge in [0.15, 0.2) is 5.78 Å². The second-order valence-corrected chi connectivity index (χ2v) is 5.64. The number of fused-ring (bicyclic) bond motifs is 2. The maximum absolute atomic E-state index is 12.6. The van der Waals surface area contributed by atoms with E-state index in [2.05, 4.69) is 34.1 Å². The molecule has 1 aliphatic carbocycles. The van der Waals surface area contributed by atoms with E-state index < -0.39 is 0 Å². The van der Waals surface area contributed by atoms with Crippen molar-refractivity contribution in [2.75, 3.05) is 0 Å². The van der Waals surface area contributed by atoms with E-state index in [0.29, 0.717) is 0 Å². The molecular formula is C17H9BrO. The van der Waals surface area contributed by atoms with Gasteiger partial charge in [0.2, 0.25) is 0 Å². The molecule has 3 aromatic rings. The van der Waals surface area contributed by atoms with E-state index in [-0.39, 0.29) is 5.78 Å². The van der Waals surface area contributed by atoms with Gasteiger partial charge in [0, 0.05) is 21.0 Å². The fourth-order valence-corrected chi connectivity index (χ4v) is 3.20. The number of hydrogen-bond acceptors (Lipinski definition) is 1. The molecule has 0 heterocycles. The lowest BCUT2D eigenvalue weighted by molar-refractivity contribution is 0.104. The summed E-state index contributed by atoms with van der Waals surface area (Å²) in [6.45, 7) is 0. The number of hydrogen-bond donors (Lipinski definition) is 0. The normalized spacial score (nSPS) is 12.6. The second kappa shape index (κ2) is 3.78. The van der Waals surface area contributed by atoms with Crippen molar-refractivity contribution in [2.24, 2.45) is 0 Å². The lowest BCUT2D eigenvalue weighted by Crippen LogP contribution is -2.09. The van der Waals surface area contributed by atoms with Crippen molar-refractivity contribution in [3.05, 3.63) is 70.2 Å². The largest absolute Gasteiger partial charge is 0.289 e. The molecule has 19 heavy (non-hydrogen) atoms. The summed E-state index contributed by atoms with van der Waals surface area (Å²) in [5.74, 6) is 0.112. The van der Waals surface area contributed by atoms with Gasteiger partial charge in [-0.3, -0.25) is 4.79 Å². The molecule has 4 rings (SSSR count). The minimum Gasteiger partial charge on any atom is -0.289 e. The van der Waals surface area contributed by atoms with Crippen molar-refractivity contribution in [3.8, 4) is 11.1 Å². The highest BCUT2D eigenvalue weighted by atomic mass is 79.9. The Morgan fingerprint density at radius 2 is 1.47 bits per heavy atom. The fraction of sp³-hybridized carbons (Fsp3) is 0. The van der Waals surface area contributed by atoms with Crippen LogP contribution in [0.3, 0.4) is 0 Å². The third kappa shape index (κ3) is 1.44. The number of ketones is 1. The Morgan fingerprint density at radius 1 is 0.737 bits per heavy atom. The molecule has 0 bridgehead atoms. The third-order valence-corrected chi connectivity index (χ3v) is 4.16. The minimum absolute atomic E-state index is 0.112. The molecule has 0 saturated carbocycles. The van der Waals surface area contributed by atoms with Crippen LogP contribution in [0.5, 0.6) is 0 Å². The first-order valence-electron chi connectivity index (χ1n) is 6.12. The van der Waals surface area contributed by atoms with Gasteiger partial charge in [0.05, 0.1) is 0 Å². The molecule has 0 aliphatic heterocycles. The number of benzene rings is 3. The van der Waals surface area contributed by atoms with Gasteiger partial charge in [-0.05, 0) is 28.6 Å². The zero-order valence-corrected chi connectivity index (χ0v) is 11.6. The Labute approximate surface area is 119 Å². The Bertz CT molecular complexity index is 844. The van der Waals surface area contributed by atoms with Crippen molar-refractivity contribution < 1.29 is 4.79 Å². The smallest absolute Gasteiger partial charge is 0.194 e. The molecule has 0 amide bonds. The van der Waals surface area contributed by atoms with E-state index in [1.807, 2.05) is 36.4 Å². The van der Waals surface area contributed by atoms with Gasteiger partial charge < -0.3 is 0 Å². The first-order valence-corrected chi connectivity index (χ1v) is 6.91. The molecule has 0 saturated heterocycles. The van der Waals surface area contributed by atoms with Crippen LogP contribution in [0, 0.1) is 0 Å². The molecule has 2 heteroatoms. The second-order valence-electron chi connectivity index (χ2n) is 4.73. The van der Waals surface area contributed by atoms with Crippen molar-refractivity contribution in [2.45, 2.75) is 0 Å². The van der Waals surface area contributed by atoms with Gasteiger partial charge in [0.1, 0.15) is 0 Å². The average Bonchev–Trinajstić information content (AvgIpc) is 2.44. The number of halogens is 1. The van der Waals surface area contributed by atoms with Crippen molar-refractivity contribution >= 4 is 32.5 Å². The first kappa shape index (κ1) is 10.9. The van der Waals surface area contributed by atoms with Gasteiger partial charge in [-0.2, -0.15) is 0 Å². The maximum Gasteiger partial charge on any atom is 0.194 e. The summed E-state index contributed by atoms with van der Waals surface area (Å²) >= 11 is 3.44. The SMILES string of the molecule is O=C1c2cc(Br)ccc2-c2cccc3cccc1c23. The Kier molecular flexibility index (Phi) is 2.18.